The largest absolute Gasteiger partial charge is 0.355 e. The van der Waals surface area contributed by atoms with E-state index in [1.807, 2.05) is 4.90 Å². The van der Waals surface area contributed by atoms with Gasteiger partial charge in [0, 0.05) is 50.2 Å². The fourth-order valence-corrected chi connectivity index (χ4v) is 3.88. The topological polar surface area (TPSA) is 62.3 Å². The number of carbonyl (C=O) groups excluding carboxylic acids is 2. The maximum absolute atomic E-state index is 11.6. The highest BCUT2D eigenvalue weighted by atomic mass is 32.1. The average molecular weight is 321 g/mol. The van der Waals surface area contributed by atoms with Crippen LogP contribution in [0.5, 0.6) is 0 Å². The van der Waals surface area contributed by atoms with Crippen molar-refractivity contribution in [2.75, 3.05) is 19.6 Å². The van der Waals surface area contributed by atoms with Crippen LogP contribution in [0.15, 0.2) is 5.38 Å². The highest BCUT2D eigenvalue weighted by molar-refractivity contribution is 7.09. The molecular weight excluding hydrogens is 298 g/mol. The Balaban J connectivity index is 1.49. The van der Waals surface area contributed by atoms with Gasteiger partial charge in [0.2, 0.25) is 11.8 Å². The van der Waals surface area contributed by atoms with Gasteiger partial charge in [-0.3, -0.25) is 9.59 Å². The summed E-state index contributed by atoms with van der Waals surface area (Å²) in [5, 5.41) is 6.20. The van der Waals surface area contributed by atoms with Crippen molar-refractivity contribution in [2.45, 2.75) is 44.9 Å². The molecule has 1 aromatic heterocycles. The molecule has 0 radical (unpaired) electrons. The Morgan fingerprint density at radius 2 is 2.23 bits per heavy atom. The molecule has 1 aliphatic carbocycles. The van der Waals surface area contributed by atoms with Crippen LogP contribution in [0.4, 0.5) is 0 Å². The van der Waals surface area contributed by atoms with Crippen LogP contribution in [0.1, 0.15) is 49.2 Å². The minimum absolute atomic E-state index is 0.157. The zero-order valence-corrected chi connectivity index (χ0v) is 13.8. The van der Waals surface area contributed by atoms with Gasteiger partial charge in [0.15, 0.2) is 0 Å². The Kier molecular flexibility index (Phi) is 4.76. The summed E-state index contributed by atoms with van der Waals surface area (Å²) in [7, 11) is 0. The first kappa shape index (κ1) is 15.5. The third-order valence-electron chi connectivity index (χ3n) is 4.41. The summed E-state index contributed by atoms with van der Waals surface area (Å²) >= 11 is 1.69. The second-order valence-electron chi connectivity index (χ2n) is 6.30. The molecule has 22 heavy (non-hydrogen) atoms. The lowest BCUT2D eigenvalue weighted by molar-refractivity contribution is -0.130. The second-order valence-corrected chi connectivity index (χ2v) is 7.19. The molecule has 5 nitrogen and oxygen atoms in total. The van der Waals surface area contributed by atoms with E-state index in [4.69, 9.17) is 4.98 Å². The van der Waals surface area contributed by atoms with Crippen LogP contribution in [0.25, 0.3) is 0 Å². The van der Waals surface area contributed by atoms with Gasteiger partial charge in [0.25, 0.3) is 0 Å². The molecule has 0 bridgehead atoms. The van der Waals surface area contributed by atoms with Crippen molar-refractivity contribution in [1.82, 2.24) is 15.2 Å². The smallest absolute Gasteiger partial charge is 0.223 e. The van der Waals surface area contributed by atoms with E-state index >= 15 is 0 Å². The van der Waals surface area contributed by atoms with E-state index in [2.05, 4.69) is 10.7 Å². The zero-order valence-electron chi connectivity index (χ0n) is 13.0. The lowest BCUT2D eigenvalue weighted by Crippen LogP contribution is -2.37. The van der Waals surface area contributed by atoms with Gasteiger partial charge in [-0.1, -0.05) is 0 Å². The van der Waals surface area contributed by atoms with Gasteiger partial charge in [-0.05, 0) is 25.7 Å². The molecule has 0 unspecified atom stereocenters. The van der Waals surface area contributed by atoms with Gasteiger partial charge in [-0.25, -0.2) is 4.98 Å². The lowest BCUT2D eigenvalue weighted by atomic mass is 9.99. The first-order valence-electron chi connectivity index (χ1n) is 8.11. The molecule has 2 aliphatic rings. The molecular formula is C16H23N3O2S. The molecule has 6 heteroatoms. The van der Waals surface area contributed by atoms with E-state index in [0.29, 0.717) is 12.5 Å². The zero-order chi connectivity index (χ0) is 15.5. The van der Waals surface area contributed by atoms with Crippen LogP contribution < -0.4 is 5.32 Å². The van der Waals surface area contributed by atoms with Gasteiger partial charge in [-0.2, -0.15) is 0 Å². The number of carbonyl (C=O) groups is 2. The molecule has 1 saturated carbocycles. The standard InChI is InChI=1S/C16H23N3O2S/c1-11(20)19-8-2-3-13(9-19)16-18-14(10-22-16)6-7-17-15(21)12-4-5-12/h10,12-13H,2-9H2,1H3,(H,17,21)/t13-/m1/s1. The first-order valence-corrected chi connectivity index (χ1v) is 8.99. The van der Waals surface area contributed by atoms with Crippen molar-refractivity contribution in [3.8, 4) is 0 Å². The summed E-state index contributed by atoms with van der Waals surface area (Å²) in [6.07, 6.45) is 5.03. The third-order valence-corrected chi connectivity index (χ3v) is 5.47. The number of hydrogen-bond acceptors (Lipinski definition) is 4. The molecule has 1 aromatic rings. The van der Waals surface area contributed by atoms with Gasteiger partial charge >= 0.3 is 0 Å². The van der Waals surface area contributed by atoms with Crippen LogP contribution in [0, 0.1) is 5.92 Å². The van der Waals surface area contributed by atoms with Gasteiger partial charge in [0.05, 0.1) is 10.7 Å². The fourth-order valence-electron chi connectivity index (χ4n) is 2.89. The highest BCUT2D eigenvalue weighted by Crippen LogP contribution is 2.30. The molecule has 120 valence electrons. The summed E-state index contributed by atoms with van der Waals surface area (Å²) in [5.74, 6) is 0.993. The minimum Gasteiger partial charge on any atom is -0.355 e. The van der Waals surface area contributed by atoms with Gasteiger partial charge in [-0.15, -0.1) is 11.3 Å². The quantitative estimate of drug-likeness (QED) is 0.901. The molecule has 2 fully saturated rings. The van der Waals surface area contributed by atoms with Gasteiger partial charge in [0.1, 0.15) is 0 Å². The summed E-state index contributed by atoms with van der Waals surface area (Å²) in [4.78, 5) is 29.7. The van der Waals surface area contributed by atoms with Crippen LogP contribution >= 0.6 is 11.3 Å². The number of hydrogen-bond donors (Lipinski definition) is 1. The molecule has 3 rings (SSSR count). The molecule has 0 spiro atoms. The average Bonchev–Trinajstić information content (AvgIpc) is 3.27. The van der Waals surface area contributed by atoms with Crippen molar-refractivity contribution in [3.63, 3.8) is 0 Å². The molecule has 1 N–H and O–H groups in total. The van der Waals surface area contributed by atoms with Crippen LogP contribution in [0.3, 0.4) is 0 Å². The van der Waals surface area contributed by atoms with E-state index in [1.165, 1.54) is 0 Å². The Morgan fingerprint density at radius 1 is 1.41 bits per heavy atom. The molecule has 1 saturated heterocycles. The minimum atomic E-state index is 0.157. The first-order chi connectivity index (χ1) is 10.6. The summed E-state index contributed by atoms with van der Waals surface area (Å²) in [5.41, 5.74) is 1.05. The SMILES string of the molecule is CC(=O)N1CCC[C@@H](c2nc(CCNC(=O)C3CC3)cs2)C1. The predicted octanol–water partition coefficient (Wildman–Crippen LogP) is 1.94. The van der Waals surface area contributed by atoms with Crippen molar-refractivity contribution in [1.29, 1.82) is 0 Å². The molecule has 0 aromatic carbocycles. The highest BCUT2D eigenvalue weighted by Gasteiger charge is 2.29. The number of piperidine rings is 1. The van der Waals surface area contributed by atoms with E-state index in [0.717, 1.165) is 55.9 Å². The number of amides is 2. The van der Waals surface area contributed by atoms with Crippen molar-refractivity contribution in [2.24, 2.45) is 5.92 Å². The van der Waals surface area contributed by atoms with E-state index in [9.17, 15) is 9.59 Å². The van der Waals surface area contributed by atoms with Crippen LogP contribution in [0.2, 0.25) is 0 Å². The maximum atomic E-state index is 11.6. The summed E-state index contributed by atoms with van der Waals surface area (Å²) in [6, 6.07) is 0. The number of aromatic nitrogens is 1. The van der Waals surface area contributed by atoms with Crippen LogP contribution in [-0.4, -0.2) is 41.3 Å². The summed E-state index contributed by atoms with van der Waals surface area (Å²) < 4.78 is 0. The normalized spacial score (nSPS) is 21.7. The maximum Gasteiger partial charge on any atom is 0.223 e. The summed E-state index contributed by atoms with van der Waals surface area (Å²) in [6.45, 7) is 3.97. The fraction of sp³-hybridized carbons (Fsp3) is 0.688. The van der Waals surface area contributed by atoms with Crippen molar-refractivity contribution >= 4 is 23.2 Å². The Labute approximate surface area is 135 Å². The third kappa shape index (κ3) is 3.85. The molecule has 1 atom stereocenters. The monoisotopic (exact) mass is 321 g/mol. The van der Waals surface area contributed by atoms with E-state index < -0.39 is 0 Å². The number of likely N-dealkylation sites (tertiary alicyclic amines) is 1. The molecule has 2 heterocycles. The van der Waals surface area contributed by atoms with Crippen LogP contribution in [-0.2, 0) is 16.0 Å². The van der Waals surface area contributed by atoms with Gasteiger partial charge < -0.3 is 10.2 Å². The predicted molar refractivity (Wildman–Crippen MR) is 85.8 cm³/mol. The Hall–Kier alpha value is -1.43. The Morgan fingerprint density at radius 3 is 2.95 bits per heavy atom. The number of rotatable bonds is 5. The van der Waals surface area contributed by atoms with E-state index in [-0.39, 0.29) is 17.7 Å². The lowest BCUT2D eigenvalue weighted by Gasteiger charge is -2.30. The number of nitrogens with one attached hydrogen (secondary N) is 1. The molecule has 1 aliphatic heterocycles. The second kappa shape index (κ2) is 6.77. The number of thiazole rings is 1. The number of nitrogens with zero attached hydrogens (tertiary/aromatic N) is 2. The molecule has 2 amide bonds. The van der Waals surface area contributed by atoms with Crippen molar-refractivity contribution < 1.29 is 9.59 Å². The van der Waals surface area contributed by atoms with E-state index in [1.54, 1.807) is 18.3 Å². The Bertz CT molecular complexity index is 553. The van der Waals surface area contributed by atoms with Crippen molar-refractivity contribution in [3.05, 3.63) is 16.1 Å².